The zero-order valence-corrected chi connectivity index (χ0v) is 32.1. The van der Waals surface area contributed by atoms with E-state index < -0.39 is 24.3 Å². The Balaban J connectivity index is 1.18. The molecule has 0 aromatic carbocycles. The first-order valence-electron chi connectivity index (χ1n) is 19.1. The van der Waals surface area contributed by atoms with Crippen molar-refractivity contribution in [1.82, 2.24) is 40.4 Å². The highest BCUT2D eigenvalue weighted by molar-refractivity contribution is 5.87. The maximum atomic E-state index is 14.2. The van der Waals surface area contributed by atoms with Crippen LogP contribution in [0.15, 0.2) is 12.4 Å². The van der Waals surface area contributed by atoms with Crippen molar-refractivity contribution >= 4 is 24.0 Å². The van der Waals surface area contributed by atoms with Gasteiger partial charge in [0.2, 0.25) is 11.8 Å². The average Bonchev–Trinajstić information content (AvgIpc) is 3.98. The monoisotopic (exact) mass is 750 g/mol. The molecule has 4 N–H and O–H groups in total. The third-order valence-corrected chi connectivity index (χ3v) is 12.0. The van der Waals surface area contributed by atoms with Crippen LogP contribution < -0.4 is 10.6 Å². The highest BCUT2D eigenvalue weighted by atomic mass is 16.5. The number of amides is 4. The normalized spacial score (nSPS) is 27.4. The van der Waals surface area contributed by atoms with Crippen molar-refractivity contribution in [2.75, 3.05) is 40.6 Å². The number of hydrogen-bond donors (Lipinski definition) is 4. The lowest BCUT2D eigenvalue weighted by molar-refractivity contribution is -0.139. The molecular formula is C38H54N8O8. The van der Waals surface area contributed by atoms with E-state index in [4.69, 9.17) is 18.9 Å². The van der Waals surface area contributed by atoms with Gasteiger partial charge in [-0.1, -0.05) is 13.8 Å². The summed E-state index contributed by atoms with van der Waals surface area (Å²) in [6, 6.07) is -2.30. The standard InChI is InChI=1S/C38H54N8O8/c1-21-17-29(45(23(21)3)35(47)31(43-37(49)51-5)25-9-13-53-14-10-25)33-39-19-27(41-33)7-8-28-20-40-34(42-28)30-18-22(2)24(4)46(30)36(48)32(44-38(50)52-6)26-11-15-54-16-12-26/h19-26,29-32H,9-18H2,1-6H3,(H,39,41)(H,40,42)(H,43,49)(H,44,50)/t21-,22-,23-,24-,29+,30+,31+,32+/m1/s1. The Morgan fingerprint density at radius 2 is 1.07 bits per heavy atom. The summed E-state index contributed by atoms with van der Waals surface area (Å²) in [7, 11) is 2.59. The van der Waals surface area contributed by atoms with Crippen LogP contribution in [-0.2, 0) is 28.5 Å². The second kappa shape index (κ2) is 17.2. The van der Waals surface area contributed by atoms with Crippen LogP contribution in [-0.4, -0.2) is 119 Å². The minimum atomic E-state index is -0.741. The molecule has 54 heavy (non-hydrogen) atoms. The summed E-state index contributed by atoms with van der Waals surface area (Å²) < 4.78 is 20.8. The number of alkyl carbamates (subject to hydrolysis) is 2. The zero-order chi connectivity index (χ0) is 38.5. The van der Waals surface area contributed by atoms with Crippen molar-refractivity contribution in [1.29, 1.82) is 0 Å². The topological polar surface area (TPSA) is 193 Å². The van der Waals surface area contributed by atoms with Crippen LogP contribution in [0.1, 0.15) is 101 Å². The Bertz CT molecular complexity index is 1580. The Morgan fingerprint density at radius 3 is 1.43 bits per heavy atom. The minimum Gasteiger partial charge on any atom is -0.453 e. The lowest BCUT2D eigenvalue weighted by atomic mass is 9.90. The predicted octanol–water partition coefficient (Wildman–Crippen LogP) is 3.43. The molecule has 0 bridgehead atoms. The second-order valence-electron chi connectivity index (χ2n) is 15.2. The Hall–Kier alpha value is -4.62. The average molecular weight is 751 g/mol. The number of rotatable bonds is 8. The smallest absolute Gasteiger partial charge is 0.407 e. The van der Waals surface area contributed by atoms with Gasteiger partial charge >= 0.3 is 12.2 Å². The van der Waals surface area contributed by atoms with Crippen LogP contribution in [0.25, 0.3) is 0 Å². The van der Waals surface area contributed by atoms with Gasteiger partial charge < -0.3 is 49.3 Å². The number of likely N-dealkylation sites (tertiary alicyclic amines) is 2. The molecule has 2 aromatic heterocycles. The van der Waals surface area contributed by atoms with Crippen molar-refractivity contribution in [2.45, 2.75) is 102 Å². The molecule has 16 nitrogen and oxygen atoms in total. The van der Waals surface area contributed by atoms with Gasteiger partial charge in [-0.15, -0.1) is 0 Å². The molecule has 6 heterocycles. The van der Waals surface area contributed by atoms with E-state index in [-0.39, 0.29) is 59.7 Å². The fourth-order valence-corrected chi connectivity index (χ4v) is 8.46. The van der Waals surface area contributed by atoms with Gasteiger partial charge in [0.25, 0.3) is 0 Å². The summed E-state index contributed by atoms with van der Waals surface area (Å²) in [5.41, 5.74) is 1.14. The van der Waals surface area contributed by atoms with E-state index in [2.05, 4.69) is 56.3 Å². The first kappa shape index (κ1) is 39.1. The van der Waals surface area contributed by atoms with Crippen LogP contribution in [0.4, 0.5) is 9.59 Å². The molecular weight excluding hydrogens is 696 g/mol. The molecule has 0 spiro atoms. The first-order chi connectivity index (χ1) is 26.0. The predicted molar refractivity (Wildman–Crippen MR) is 195 cm³/mol. The molecule has 6 rings (SSSR count). The van der Waals surface area contributed by atoms with E-state index in [0.29, 0.717) is 88.0 Å². The van der Waals surface area contributed by atoms with E-state index in [1.165, 1.54) is 14.2 Å². The van der Waals surface area contributed by atoms with Crippen molar-refractivity contribution in [3.05, 3.63) is 35.4 Å². The second-order valence-corrected chi connectivity index (χ2v) is 15.2. The number of methoxy groups -OCH3 is 2. The highest BCUT2D eigenvalue weighted by Crippen LogP contribution is 2.41. The van der Waals surface area contributed by atoms with Gasteiger partial charge in [-0.3, -0.25) is 9.59 Å². The number of aromatic nitrogens is 4. The molecule has 294 valence electrons. The summed E-state index contributed by atoms with van der Waals surface area (Å²) in [5.74, 6) is 7.47. The van der Waals surface area contributed by atoms with Gasteiger partial charge in [0.05, 0.1) is 38.7 Å². The third-order valence-electron chi connectivity index (χ3n) is 12.0. The zero-order valence-electron chi connectivity index (χ0n) is 32.1. The van der Waals surface area contributed by atoms with Crippen LogP contribution >= 0.6 is 0 Å². The third kappa shape index (κ3) is 8.37. The Morgan fingerprint density at radius 1 is 0.704 bits per heavy atom. The molecule has 4 saturated heterocycles. The van der Waals surface area contributed by atoms with Gasteiger partial charge in [0.1, 0.15) is 35.1 Å². The number of nitrogens with one attached hydrogen (secondary N) is 4. The summed E-state index contributed by atoms with van der Waals surface area (Å²) in [6.45, 7) is 10.4. The molecule has 4 aliphatic rings. The van der Waals surface area contributed by atoms with Crippen LogP contribution in [0.2, 0.25) is 0 Å². The van der Waals surface area contributed by atoms with Crippen molar-refractivity contribution in [3.8, 4) is 11.8 Å². The van der Waals surface area contributed by atoms with Crippen molar-refractivity contribution < 1.29 is 38.1 Å². The lowest BCUT2D eigenvalue weighted by Gasteiger charge is -2.36. The van der Waals surface area contributed by atoms with Crippen LogP contribution in [0.5, 0.6) is 0 Å². The van der Waals surface area contributed by atoms with E-state index >= 15 is 0 Å². The molecule has 2 aromatic rings. The van der Waals surface area contributed by atoms with Crippen molar-refractivity contribution in [3.63, 3.8) is 0 Å². The Kier molecular flexibility index (Phi) is 12.5. The van der Waals surface area contributed by atoms with Crippen LogP contribution in [0.3, 0.4) is 0 Å². The number of carbonyl (C=O) groups is 4. The van der Waals surface area contributed by atoms with Crippen molar-refractivity contribution in [2.24, 2.45) is 23.7 Å². The summed E-state index contributed by atoms with van der Waals surface area (Å²) in [6.07, 6.45) is 6.09. The number of hydrogen-bond acceptors (Lipinski definition) is 10. The van der Waals surface area contributed by atoms with Gasteiger partial charge in [0.15, 0.2) is 0 Å². The van der Waals surface area contributed by atoms with Gasteiger partial charge in [-0.2, -0.15) is 0 Å². The van der Waals surface area contributed by atoms with E-state index in [0.717, 1.165) is 0 Å². The molecule has 0 radical (unpaired) electrons. The number of ether oxygens (including phenoxy) is 4. The fraction of sp³-hybridized carbons (Fsp3) is 0.684. The van der Waals surface area contributed by atoms with E-state index in [9.17, 15) is 19.2 Å². The number of carbonyl (C=O) groups excluding carboxylic acids is 4. The lowest BCUT2D eigenvalue weighted by Crippen LogP contribution is -2.54. The number of nitrogens with zero attached hydrogens (tertiary/aromatic N) is 4. The summed E-state index contributed by atoms with van der Waals surface area (Å²) >= 11 is 0. The summed E-state index contributed by atoms with van der Waals surface area (Å²) in [5, 5.41) is 5.62. The molecule has 8 atom stereocenters. The highest BCUT2D eigenvalue weighted by Gasteiger charge is 2.47. The molecule has 0 aliphatic carbocycles. The largest absolute Gasteiger partial charge is 0.453 e. The van der Waals surface area contributed by atoms with Crippen LogP contribution in [0, 0.1) is 35.5 Å². The van der Waals surface area contributed by atoms with Gasteiger partial charge in [-0.25, -0.2) is 19.6 Å². The maximum Gasteiger partial charge on any atom is 0.407 e. The van der Waals surface area contributed by atoms with Gasteiger partial charge in [0, 0.05) is 38.5 Å². The first-order valence-corrected chi connectivity index (χ1v) is 19.1. The number of H-pyrrole nitrogens is 2. The Labute approximate surface area is 316 Å². The molecule has 0 saturated carbocycles. The SMILES string of the molecule is COC(=O)N[C@H](C(=O)N1[C@H](C)[C@H](C)C[C@H]1c1ncc(C#Cc2cnc([C@@H]3C[C@@H](C)[C@@H](C)N3C(=O)[C@@H](NC(=O)OC)C3CCOCC3)[nH]2)[nH]1)C1CCOCC1. The van der Waals surface area contributed by atoms with Gasteiger partial charge in [-0.05, 0) is 87.9 Å². The molecule has 4 aliphatic heterocycles. The summed E-state index contributed by atoms with van der Waals surface area (Å²) in [4.78, 5) is 72.8. The molecule has 4 fully saturated rings. The molecule has 16 heteroatoms. The maximum absolute atomic E-state index is 14.2. The molecule has 4 amide bonds. The number of aromatic amines is 2. The quantitative estimate of drug-likeness (QED) is 0.291. The molecule has 0 unspecified atom stereocenters. The van der Waals surface area contributed by atoms with E-state index in [1.807, 2.05) is 23.6 Å². The number of imidazole rings is 2. The minimum absolute atomic E-state index is 0.0720. The van der Waals surface area contributed by atoms with E-state index in [1.54, 1.807) is 12.4 Å². The fourth-order valence-electron chi connectivity index (χ4n) is 8.46.